The van der Waals surface area contributed by atoms with Crippen LogP contribution in [0.4, 0.5) is 17.1 Å². The zero-order chi connectivity index (χ0) is 26.4. The van der Waals surface area contributed by atoms with Crippen LogP contribution in [0, 0.1) is 18.8 Å². The zero-order valence-corrected chi connectivity index (χ0v) is 21.9. The summed E-state index contributed by atoms with van der Waals surface area (Å²) in [6, 6.07) is 11.3. The van der Waals surface area contributed by atoms with Gasteiger partial charge in [-0.3, -0.25) is 9.59 Å². The summed E-state index contributed by atoms with van der Waals surface area (Å²) in [5, 5.41) is 6.33. The lowest BCUT2D eigenvalue weighted by molar-refractivity contribution is -0.125. The number of ether oxygens (including phenoxy) is 3. The van der Waals surface area contributed by atoms with Gasteiger partial charge < -0.3 is 35.5 Å². The molecule has 1 aliphatic carbocycles. The molecule has 4 N–H and O–H groups in total. The van der Waals surface area contributed by atoms with Crippen LogP contribution in [-0.4, -0.2) is 58.4 Å². The van der Waals surface area contributed by atoms with Gasteiger partial charge in [-0.2, -0.15) is 0 Å². The summed E-state index contributed by atoms with van der Waals surface area (Å²) < 4.78 is 16.4. The Bertz CT molecular complexity index is 1100. The first kappa shape index (κ1) is 26.8. The van der Waals surface area contributed by atoms with E-state index in [1.165, 1.54) is 0 Å². The second-order valence-electron chi connectivity index (χ2n) is 9.79. The second-order valence-corrected chi connectivity index (χ2v) is 9.79. The molecule has 0 spiro atoms. The maximum Gasteiger partial charge on any atom is 0.231 e. The summed E-state index contributed by atoms with van der Waals surface area (Å²) >= 11 is 0. The molecule has 9 nitrogen and oxygen atoms in total. The lowest BCUT2D eigenvalue weighted by atomic mass is 9.88. The van der Waals surface area contributed by atoms with Gasteiger partial charge in [-0.05, 0) is 49.9 Å². The van der Waals surface area contributed by atoms with E-state index in [0.29, 0.717) is 55.6 Å². The van der Waals surface area contributed by atoms with E-state index in [4.69, 9.17) is 19.9 Å². The molecular formula is C28H38N4O5. The first-order valence-corrected chi connectivity index (χ1v) is 12.9. The minimum atomic E-state index is -0.334. The van der Waals surface area contributed by atoms with Crippen LogP contribution in [0.3, 0.4) is 0 Å². The molecule has 0 aromatic heterocycles. The van der Waals surface area contributed by atoms with Crippen LogP contribution in [0.5, 0.6) is 11.5 Å². The van der Waals surface area contributed by atoms with Crippen LogP contribution in [0.15, 0.2) is 36.4 Å². The first-order valence-electron chi connectivity index (χ1n) is 12.9. The molecule has 1 saturated heterocycles. The maximum atomic E-state index is 13.8. The lowest BCUT2D eigenvalue weighted by Crippen LogP contribution is -2.49. The third kappa shape index (κ3) is 6.53. The Morgan fingerprint density at radius 1 is 1.08 bits per heavy atom. The topological polar surface area (TPSA) is 115 Å². The van der Waals surface area contributed by atoms with Crippen molar-refractivity contribution < 1.29 is 23.8 Å². The molecule has 37 heavy (non-hydrogen) atoms. The molecule has 2 amide bonds. The Hall–Kier alpha value is -3.30. The van der Waals surface area contributed by atoms with E-state index < -0.39 is 0 Å². The highest BCUT2D eigenvalue weighted by molar-refractivity contribution is 5.99. The van der Waals surface area contributed by atoms with Crippen molar-refractivity contribution in [1.29, 1.82) is 0 Å². The van der Waals surface area contributed by atoms with Crippen LogP contribution < -0.4 is 30.7 Å². The summed E-state index contributed by atoms with van der Waals surface area (Å²) in [6.45, 7) is 4.07. The molecule has 1 saturated carbocycles. The van der Waals surface area contributed by atoms with Crippen molar-refractivity contribution >= 4 is 28.9 Å². The van der Waals surface area contributed by atoms with Gasteiger partial charge in [-0.1, -0.05) is 12.1 Å². The molecule has 0 bridgehead atoms. The largest absolute Gasteiger partial charge is 0.495 e. The van der Waals surface area contributed by atoms with Crippen LogP contribution in [-0.2, 0) is 14.3 Å². The maximum absolute atomic E-state index is 13.8. The quantitative estimate of drug-likeness (QED) is 0.314. The third-order valence-electron chi connectivity index (χ3n) is 6.95. The Balaban J connectivity index is 1.46. The van der Waals surface area contributed by atoms with Gasteiger partial charge in [0, 0.05) is 51.0 Å². The third-order valence-corrected chi connectivity index (χ3v) is 6.95. The van der Waals surface area contributed by atoms with Gasteiger partial charge in [0.1, 0.15) is 11.5 Å². The Morgan fingerprint density at radius 3 is 2.59 bits per heavy atom. The van der Waals surface area contributed by atoms with E-state index >= 15 is 0 Å². The van der Waals surface area contributed by atoms with Gasteiger partial charge >= 0.3 is 0 Å². The zero-order valence-electron chi connectivity index (χ0n) is 21.9. The van der Waals surface area contributed by atoms with Crippen molar-refractivity contribution in [1.82, 2.24) is 5.32 Å². The molecule has 2 fully saturated rings. The number of para-hydroxylation sites is 1. The van der Waals surface area contributed by atoms with Crippen molar-refractivity contribution in [3.8, 4) is 11.5 Å². The average Bonchev–Trinajstić information content (AvgIpc) is 3.74. The molecule has 200 valence electrons. The molecule has 0 radical (unpaired) electrons. The Labute approximate surface area is 218 Å². The highest BCUT2D eigenvalue weighted by Crippen LogP contribution is 2.37. The number of benzene rings is 2. The van der Waals surface area contributed by atoms with E-state index in [2.05, 4.69) is 10.6 Å². The summed E-state index contributed by atoms with van der Waals surface area (Å²) in [5.74, 6) is 0.448. The molecule has 2 aromatic carbocycles. The fourth-order valence-electron chi connectivity index (χ4n) is 4.76. The predicted octanol–water partition coefficient (Wildman–Crippen LogP) is 3.36. The van der Waals surface area contributed by atoms with Crippen LogP contribution in [0.1, 0.15) is 31.2 Å². The number of carbonyl (C=O) groups is 2. The summed E-state index contributed by atoms with van der Waals surface area (Å²) in [4.78, 5) is 28.9. The van der Waals surface area contributed by atoms with Crippen molar-refractivity contribution in [3.05, 3.63) is 42.0 Å². The normalized spacial score (nSPS) is 19.2. The molecule has 0 unspecified atom stereocenters. The fraction of sp³-hybridized carbons (Fsp3) is 0.500. The number of nitrogen functional groups attached to an aromatic ring is 1. The second kappa shape index (κ2) is 12.3. The number of rotatable bonds is 11. The van der Waals surface area contributed by atoms with Gasteiger partial charge in [0.05, 0.1) is 36.9 Å². The van der Waals surface area contributed by atoms with Crippen LogP contribution >= 0.6 is 0 Å². The number of piperidine rings is 1. The van der Waals surface area contributed by atoms with Crippen LogP contribution in [0.2, 0.25) is 0 Å². The molecule has 9 heteroatoms. The van der Waals surface area contributed by atoms with E-state index in [1.54, 1.807) is 20.3 Å². The van der Waals surface area contributed by atoms with Crippen LogP contribution in [0.25, 0.3) is 0 Å². The Kier molecular flexibility index (Phi) is 8.89. The number of amides is 2. The average molecular weight is 511 g/mol. The summed E-state index contributed by atoms with van der Waals surface area (Å²) in [6.07, 6.45) is 3.13. The molecular weight excluding hydrogens is 472 g/mol. The number of nitrogens with one attached hydrogen (secondary N) is 2. The first-order chi connectivity index (χ1) is 17.9. The number of hydrogen-bond donors (Lipinski definition) is 3. The summed E-state index contributed by atoms with van der Waals surface area (Å²) in [7, 11) is 3.24. The molecule has 1 heterocycles. The van der Waals surface area contributed by atoms with E-state index in [1.807, 2.05) is 42.2 Å². The number of nitrogens with two attached hydrogens (primary N) is 1. The van der Waals surface area contributed by atoms with Gasteiger partial charge in [-0.15, -0.1) is 0 Å². The smallest absolute Gasteiger partial charge is 0.231 e. The minimum Gasteiger partial charge on any atom is -0.495 e. The SMILES string of the molecule is COCCCOc1cc(N(C(=O)[C@H]2CNC[C@@H](C(=O)Nc3c(C)cccc3OC)C2)C2CC2)ccc1N. The molecule has 1 aliphatic heterocycles. The van der Waals surface area contributed by atoms with Crippen molar-refractivity contribution in [2.24, 2.45) is 11.8 Å². The van der Waals surface area contributed by atoms with E-state index in [-0.39, 0.29) is 29.7 Å². The highest BCUT2D eigenvalue weighted by atomic mass is 16.5. The van der Waals surface area contributed by atoms with Gasteiger partial charge in [0.25, 0.3) is 0 Å². The van der Waals surface area contributed by atoms with Crippen molar-refractivity contribution in [2.45, 2.75) is 38.6 Å². The van der Waals surface area contributed by atoms with Gasteiger partial charge in [-0.25, -0.2) is 0 Å². The molecule has 2 atom stereocenters. The van der Waals surface area contributed by atoms with E-state index in [0.717, 1.165) is 30.5 Å². The molecule has 4 rings (SSSR count). The number of methoxy groups -OCH3 is 2. The number of carbonyl (C=O) groups excluding carboxylic acids is 2. The Morgan fingerprint density at radius 2 is 1.86 bits per heavy atom. The molecule has 2 aromatic rings. The number of anilines is 3. The van der Waals surface area contributed by atoms with Gasteiger partial charge in [0.2, 0.25) is 11.8 Å². The van der Waals surface area contributed by atoms with Crippen molar-refractivity contribution in [2.75, 3.05) is 56.5 Å². The van der Waals surface area contributed by atoms with Crippen molar-refractivity contribution in [3.63, 3.8) is 0 Å². The lowest BCUT2D eigenvalue weighted by Gasteiger charge is -2.33. The number of nitrogens with zero attached hydrogens (tertiary/aromatic N) is 1. The standard InChI is InChI=1S/C28H38N4O5/c1-18-6-4-7-24(36-3)26(18)31-27(33)19-14-20(17-30-16-19)28(34)32(21-8-9-21)22-10-11-23(29)25(15-22)37-13-5-12-35-2/h4,6-7,10-11,15,19-21,30H,5,8-9,12-14,16-17,29H2,1-3H3,(H,31,33)/t19-,20+/m0/s1. The number of aryl methyl sites for hydroxylation is 1. The minimum absolute atomic E-state index is 0.0241. The van der Waals surface area contributed by atoms with E-state index in [9.17, 15) is 9.59 Å². The van der Waals surface area contributed by atoms with Gasteiger partial charge in [0.15, 0.2) is 0 Å². The number of hydrogen-bond acceptors (Lipinski definition) is 7. The summed E-state index contributed by atoms with van der Waals surface area (Å²) in [5.41, 5.74) is 9.04. The fourth-order valence-corrected chi connectivity index (χ4v) is 4.76. The predicted molar refractivity (Wildman–Crippen MR) is 144 cm³/mol. The highest BCUT2D eigenvalue weighted by Gasteiger charge is 2.40. The molecule has 2 aliphatic rings. The monoisotopic (exact) mass is 510 g/mol.